The molecule has 0 unspecified atom stereocenters. The Hall–Kier alpha value is -2.08. The van der Waals surface area contributed by atoms with Crippen LogP contribution in [0.3, 0.4) is 0 Å². The number of aliphatic hydroxyl groups is 1. The minimum atomic E-state index is -0.212. The van der Waals surface area contributed by atoms with Gasteiger partial charge in [-0.1, -0.05) is 26.0 Å². The fraction of sp³-hybridized carbons (Fsp3) is 0.500. The number of aliphatic hydroxyl groups excluding tert-OH is 1. The summed E-state index contributed by atoms with van der Waals surface area (Å²) in [4.78, 5) is 6.59. The van der Waals surface area contributed by atoms with Crippen LogP contribution in [-0.2, 0) is 13.1 Å². The molecule has 0 fully saturated rings. The topological polar surface area (TPSA) is 63.4 Å². The zero-order chi connectivity index (χ0) is 15.5. The average Bonchev–Trinajstić information content (AvgIpc) is 2.93. The molecule has 118 valence electrons. The molecule has 1 atom stereocenters. The van der Waals surface area contributed by atoms with Crippen LogP contribution < -0.4 is 9.64 Å². The van der Waals surface area contributed by atoms with Crippen LogP contribution in [0.1, 0.15) is 19.7 Å². The maximum atomic E-state index is 9.45. The first kappa shape index (κ1) is 14.8. The number of anilines is 1. The van der Waals surface area contributed by atoms with Crippen molar-refractivity contribution in [3.63, 3.8) is 0 Å². The lowest BCUT2D eigenvalue weighted by Gasteiger charge is -2.35. The molecule has 6 nitrogen and oxygen atoms in total. The van der Waals surface area contributed by atoms with Gasteiger partial charge in [0.1, 0.15) is 24.0 Å². The predicted molar refractivity (Wildman–Crippen MR) is 83.9 cm³/mol. The number of rotatable bonds is 5. The summed E-state index contributed by atoms with van der Waals surface area (Å²) < 4.78 is 7.75. The standard InChI is InChI=1S/C16H22N4O2/c1-12(2)7-20-16(17-11-18-20)9-19-8-13(10-21)22-15-6-4-3-5-14(15)19/h3-6,11-13,21H,7-10H2,1-2H3/t13-/m0/s1. The number of fused-ring (bicyclic) bond motifs is 1. The van der Waals surface area contributed by atoms with Crippen LogP contribution in [-0.4, -0.2) is 39.1 Å². The number of nitrogens with zero attached hydrogens (tertiary/aromatic N) is 4. The van der Waals surface area contributed by atoms with Crippen LogP contribution in [0.15, 0.2) is 30.6 Å². The lowest BCUT2D eigenvalue weighted by atomic mass is 10.2. The van der Waals surface area contributed by atoms with Crippen molar-refractivity contribution < 1.29 is 9.84 Å². The fourth-order valence-electron chi connectivity index (χ4n) is 2.70. The quantitative estimate of drug-likeness (QED) is 0.910. The van der Waals surface area contributed by atoms with E-state index in [4.69, 9.17) is 4.74 Å². The fourth-order valence-corrected chi connectivity index (χ4v) is 2.70. The van der Waals surface area contributed by atoms with Gasteiger partial charge in [-0.15, -0.1) is 0 Å². The van der Waals surface area contributed by atoms with E-state index in [-0.39, 0.29) is 12.7 Å². The summed E-state index contributed by atoms with van der Waals surface area (Å²) in [6, 6.07) is 7.90. The summed E-state index contributed by atoms with van der Waals surface area (Å²) >= 11 is 0. The number of aromatic nitrogens is 3. The number of benzene rings is 1. The Labute approximate surface area is 130 Å². The molecule has 1 N–H and O–H groups in total. The molecule has 0 aliphatic carbocycles. The summed E-state index contributed by atoms with van der Waals surface area (Å²) in [5, 5.41) is 13.8. The third-order valence-corrected chi connectivity index (χ3v) is 3.69. The molecule has 0 saturated heterocycles. The number of para-hydroxylation sites is 2. The lowest BCUT2D eigenvalue weighted by molar-refractivity contribution is 0.111. The van der Waals surface area contributed by atoms with Gasteiger partial charge in [0.05, 0.1) is 25.4 Å². The van der Waals surface area contributed by atoms with Gasteiger partial charge in [0, 0.05) is 6.54 Å². The van der Waals surface area contributed by atoms with E-state index in [1.807, 2.05) is 28.9 Å². The minimum absolute atomic E-state index is 0.00349. The summed E-state index contributed by atoms with van der Waals surface area (Å²) in [7, 11) is 0. The second-order valence-electron chi connectivity index (χ2n) is 6.02. The average molecular weight is 302 g/mol. The van der Waals surface area contributed by atoms with Crippen LogP contribution in [0.4, 0.5) is 5.69 Å². The van der Waals surface area contributed by atoms with Crippen molar-refractivity contribution in [3.05, 3.63) is 36.4 Å². The van der Waals surface area contributed by atoms with Crippen LogP contribution >= 0.6 is 0 Å². The molecule has 22 heavy (non-hydrogen) atoms. The number of ether oxygens (including phenoxy) is 1. The van der Waals surface area contributed by atoms with E-state index in [2.05, 4.69) is 28.8 Å². The zero-order valence-electron chi connectivity index (χ0n) is 13.0. The lowest BCUT2D eigenvalue weighted by Crippen LogP contribution is -2.42. The molecule has 2 heterocycles. The summed E-state index contributed by atoms with van der Waals surface area (Å²) in [5.74, 6) is 2.26. The van der Waals surface area contributed by atoms with Gasteiger partial charge in [-0.2, -0.15) is 5.10 Å². The normalized spacial score (nSPS) is 17.5. The molecule has 0 spiro atoms. The first-order chi connectivity index (χ1) is 10.7. The van der Waals surface area contributed by atoms with Crippen molar-refractivity contribution in [2.45, 2.75) is 33.0 Å². The van der Waals surface area contributed by atoms with E-state index >= 15 is 0 Å². The molecule has 6 heteroatoms. The minimum Gasteiger partial charge on any atom is -0.484 e. The molecule has 1 aromatic carbocycles. The smallest absolute Gasteiger partial charge is 0.146 e. The van der Waals surface area contributed by atoms with Crippen LogP contribution in [0.25, 0.3) is 0 Å². The maximum absolute atomic E-state index is 9.45. The van der Waals surface area contributed by atoms with Gasteiger partial charge in [-0.05, 0) is 18.1 Å². The molecule has 0 radical (unpaired) electrons. The van der Waals surface area contributed by atoms with Gasteiger partial charge in [-0.25, -0.2) is 9.67 Å². The van der Waals surface area contributed by atoms with Crippen molar-refractivity contribution >= 4 is 5.69 Å². The number of hydrogen-bond acceptors (Lipinski definition) is 5. The maximum Gasteiger partial charge on any atom is 0.146 e. The Morgan fingerprint density at radius 3 is 2.95 bits per heavy atom. The third kappa shape index (κ3) is 3.06. The Morgan fingerprint density at radius 1 is 1.36 bits per heavy atom. The number of hydrogen-bond donors (Lipinski definition) is 1. The van der Waals surface area contributed by atoms with Crippen molar-refractivity contribution in [1.29, 1.82) is 0 Å². The summed E-state index contributed by atoms with van der Waals surface area (Å²) in [6.45, 7) is 6.48. The van der Waals surface area contributed by atoms with Crippen LogP contribution in [0, 0.1) is 5.92 Å². The zero-order valence-corrected chi connectivity index (χ0v) is 13.0. The molecule has 1 aromatic heterocycles. The van der Waals surface area contributed by atoms with Crippen LogP contribution in [0.5, 0.6) is 5.75 Å². The largest absolute Gasteiger partial charge is 0.484 e. The van der Waals surface area contributed by atoms with Crippen molar-refractivity contribution in [2.75, 3.05) is 18.1 Å². The first-order valence-corrected chi connectivity index (χ1v) is 7.65. The third-order valence-electron chi connectivity index (χ3n) is 3.69. The van der Waals surface area contributed by atoms with E-state index in [0.717, 1.165) is 23.8 Å². The molecule has 1 aliphatic rings. The summed E-state index contributed by atoms with van der Waals surface area (Å²) in [6.07, 6.45) is 1.39. The van der Waals surface area contributed by atoms with Gasteiger partial charge in [0.2, 0.25) is 0 Å². The molecular formula is C16H22N4O2. The highest BCUT2D eigenvalue weighted by Crippen LogP contribution is 2.33. The van der Waals surface area contributed by atoms with Crippen molar-refractivity contribution in [1.82, 2.24) is 14.8 Å². The Balaban J connectivity index is 1.84. The molecular weight excluding hydrogens is 280 g/mol. The molecule has 0 saturated carbocycles. The van der Waals surface area contributed by atoms with Crippen molar-refractivity contribution in [3.8, 4) is 5.75 Å². The molecule has 2 aromatic rings. The van der Waals surface area contributed by atoms with Gasteiger partial charge < -0.3 is 14.7 Å². The van der Waals surface area contributed by atoms with E-state index in [1.54, 1.807) is 6.33 Å². The highest BCUT2D eigenvalue weighted by molar-refractivity contribution is 5.60. The van der Waals surface area contributed by atoms with Gasteiger partial charge in [0.25, 0.3) is 0 Å². The van der Waals surface area contributed by atoms with E-state index < -0.39 is 0 Å². The van der Waals surface area contributed by atoms with Gasteiger partial charge in [-0.3, -0.25) is 0 Å². The predicted octanol–water partition coefficient (Wildman–Crippen LogP) is 1.69. The first-order valence-electron chi connectivity index (χ1n) is 7.65. The van der Waals surface area contributed by atoms with E-state index in [1.165, 1.54) is 0 Å². The molecule has 1 aliphatic heterocycles. The molecule has 0 amide bonds. The highest BCUT2D eigenvalue weighted by Gasteiger charge is 2.26. The van der Waals surface area contributed by atoms with Crippen LogP contribution in [0.2, 0.25) is 0 Å². The molecule has 3 rings (SSSR count). The monoisotopic (exact) mass is 302 g/mol. The Bertz CT molecular complexity index is 626. The Morgan fingerprint density at radius 2 is 2.18 bits per heavy atom. The SMILES string of the molecule is CC(C)Cn1ncnc1CN1C[C@@H](CO)Oc2ccccc21. The van der Waals surface area contributed by atoms with E-state index in [9.17, 15) is 5.11 Å². The van der Waals surface area contributed by atoms with E-state index in [0.29, 0.717) is 19.0 Å². The van der Waals surface area contributed by atoms with Gasteiger partial charge in [0.15, 0.2) is 0 Å². The second kappa shape index (κ2) is 6.36. The Kier molecular flexibility index (Phi) is 4.29. The molecule has 0 bridgehead atoms. The second-order valence-corrected chi connectivity index (χ2v) is 6.02. The summed E-state index contributed by atoms with van der Waals surface area (Å²) in [5.41, 5.74) is 1.03. The van der Waals surface area contributed by atoms with Crippen molar-refractivity contribution in [2.24, 2.45) is 5.92 Å². The van der Waals surface area contributed by atoms with Gasteiger partial charge >= 0.3 is 0 Å². The highest BCUT2D eigenvalue weighted by atomic mass is 16.5.